The van der Waals surface area contributed by atoms with Crippen molar-refractivity contribution < 1.29 is 27.5 Å². The van der Waals surface area contributed by atoms with E-state index in [1.165, 1.54) is 24.3 Å². The van der Waals surface area contributed by atoms with E-state index in [2.05, 4.69) is 10.1 Å². The minimum absolute atomic E-state index is 0.0382. The highest BCUT2D eigenvalue weighted by Gasteiger charge is 2.23. The first-order chi connectivity index (χ1) is 11.4. The van der Waals surface area contributed by atoms with Gasteiger partial charge in [-0.15, -0.1) is 0 Å². The third-order valence-electron chi connectivity index (χ3n) is 3.27. The number of carbonyl (C=O) groups is 2. The molecule has 0 unspecified atom stereocenters. The van der Waals surface area contributed by atoms with E-state index in [9.17, 15) is 22.8 Å². The molecule has 4 nitrogen and oxygen atoms in total. The maximum Gasteiger partial charge on any atom is 0.328 e. The first-order valence-corrected chi connectivity index (χ1v) is 6.98. The topological polar surface area (TPSA) is 55.4 Å². The number of hydrogen-bond donors (Lipinski definition) is 1. The molecular formula is C17H14F3NO3. The Morgan fingerprint density at radius 1 is 1.00 bits per heavy atom. The van der Waals surface area contributed by atoms with Crippen LogP contribution in [0.15, 0.2) is 42.5 Å². The molecule has 2 aromatic carbocycles. The van der Waals surface area contributed by atoms with Gasteiger partial charge in [-0.1, -0.05) is 12.1 Å². The van der Waals surface area contributed by atoms with Crippen LogP contribution in [0.4, 0.5) is 13.2 Å². The van der Waals surface area contributed by atoms with Crippen LogP contribution in [0.2, 0.25) is 0 Å². The van der Waals surface area contributed by atoms with E-state index in [0.29, 0.717) is 11.6 Å². The molecule has 0 heterocycles. The van der Waals surface area contributed by atoms with Gasteiger partial charge >= 0.3 is 5.97 Å². The SMILES string of the molecule is COC(=O)[C@H](Cc1ccc(F)cc1)NC(=O)c1cc(F)cc(F)c1. The van der Waals surface area contributed by atoms with Crippen LogP contribution in [0.1, 0.15) is 15.9 Å². The molecule has 2 rings (SSSR count). The van der Waals surface area contributed by atoms with Gasteiger partial charge in [0.1, 0.15) is 23.5 Å². The van der Waals surface area contributed by atoms with E-state index in [1.54, 1.807) is 0 Å². The van der Waals surface area contributed by atoms with E-state index >= 15 is 0 Å². The molecule has 0 radical (unpaired) electrons. The van der Waals surface area contributed by atoms with Crippen LogP contribution >= 0.6 is 0 Å². The van der Waals surface area contributed by atoms with Crippen molar-refractivity contribution >= 4 is 11.9 Å². The number of benzene rings is 2. The monoisotopic (exact) mass is 337 g/mol. The maximum atomic E-state index is 13.2. The minimum Gasteiger partial charge on any atom is -0.467 e. The largest absolute Gasteiger partial charge is 0.467 e. The Balaban J connectivity index is 2.17. The number of methoxy groups -OCH3 is 1. The molecule has 1 atom stereocenters. The lowest BCUT2D eigenvalue weighted by Gasteiger charge is -2.17. The highest BCUT2D eigenvalue weighted by atomic mass is 19.1. The summed E-state index contributed by atoms with van der Waals surface area (Å²) < 4.78 is 43.9. The van der Waals surface area contributed by atoms with Crippen LogP contribution in [0.5, 0.6) is 0 Å². The number of halogens is 3. The summed E-state index contributed by atoms with van der Waals surface area (Å²) in [6.45, 7) is 0. The van der Waals surface area contributed by atoms with Crippen LogP contribution in [-0.4, -0.2) is 25.0 Å². The molecule has 126 valence electrons. The van der Waals surface area contributed by atoms with Crippen LogP contribution in [0.25, 0.3) is 0 Å². The van der Waals surface area contributed by atoms with E-state index in [1.807, 2.05) is 0 Å². The van der Waals surface area contributed by atoms with Crippen LogP contribution in [0, 0.1) is 17.5 Å². The normalized spacial score (nSPS) is 11.7. The Labute approximate surface area is 136 Å². The average Bonchev–Trinajstić information content (AvgIpc) is 2.54. The minimum atomic E-state index is -1.08. The molecule has 0 bridgehead atoms. The number of amides is 1. The van der Waals surface area contributed by atoms with Crippen molar-refractivity contribution in [2.75, 3.05) is 7.11 Å². The molecule has 7 heteroatoms. The summed E-state index contributed by atoms with van der Waals surface area (Å²) in [5.41, 5.74) is 0.318. The molecule has 0 fully saturated rings. The van der Waals surface area contributed by atoms with Gasteiger partial charge in [0.05, 0.1) is 7.11 Å². The van der Waals surface area contributed by atoms with Gasteiger partial charge in [-0.25, -0.2) is 18.0 Å². The molecule has 0 aromatic heterocycles. The number of hydrogen-bond acceptors (Lipinski definition) is 3. The van der Waals surface area contributed by atoms with E-state index in [0.717, 1.165) is 19.2 Å². The second kappa shape index (κ2) is 7.63. The van der Waals surface area contributed by atoms with Crippen molar-refractivity contribution in [2.24, 2.45) is 0 Å². The van der Waals surface area contributed by atoms with Gasteiger partial charge in [0.2, 0.25) is 0 Å². The van der Waals surface area contributed by atoms with Gasteiger partial charge in [-0.05, 0) is 29.8 Å². The Hall–Kier alpha value is -2.83. The molecule has 0 aliphatic heterocycles. The number of nitrogens with one attached hydrogen (secondary N) is 1. The molecule has 1 N–H and O–H groups in total. The van der Waals surface area contributed by atoms with Crippen molar-refractivity contribution in [1.29, 1.82) is 0 Å². The maximum absolute atomic E-state index is 13.2. The van der Waals surface area contributed by atoms with Gasteiger partial charge < -0.3 is 10.1 Å². The standard InChI is InChI=1S/C17H14F3NO3/c1-24-17(23)15(6-10-2-4-12(18)5-3-10)21-16(22)11-7-13(19)9-14(20)8-11/h2-5,7-9,15H,6H2,1H3,(H,21,22)/t15-/m0/s1. The molecular weight excluding hydrogens is 323 g/mol. The number of carbonyl (C=O) groups excluding carboxylic acids is 2. The smallest absolute Gasteiger partial charge is 0.328 e. The Morgan fingerprint density at radius 3 is 2.12 bits per heavy atom. The second-order valence-electron chi connectivity index (χ2n) is 5.04. The molecule has 0 aliphatic carbocycles. The fourth-order valence-electron chi connectivity index (χ4n) is 2.12. The zero-order chi connectivity index (χ0) is 17.7. The third-order valence-corrected chi connectivity index (χ3v) is 3.27. The summed E-state index contributed by atoms with van der Waals surface area (Å²) in [4.78, 5) is 23.9. The van der Waals surface area contributed by atoms with Crippen molar-refractivity contribution in [1.82, 2.24) is 5.32 Å². The van der Waals surface area contributed by atoms with Crippen LogP contribution in [0.3, 0.4) is 0 Å². The van der Waals surface area contributed by atoms with Crippen molar-refractivity contribution in [3.05, 3.63) is 71.0 Å². The average molecular weight is 337 g/mol. The molecule has 0 saturated heterocycles. The summed E-state index contributed by atoms with van der Waals surface area (Å²) in [6.07, 6.45) is 0.0382. The summed E-state index contributed by atoms with van der Waals surface area (Å²) in [5, 5.41) is 2.36. The molecule has 1 amide bonds. The fraction of sp³-hybridized carbons (Fsp3) is 0.176. The molecule has 0 saturated carbocycles. The van der Waals surface area contributed by atoms with Crippen LogP contribution in [-0.2, 0) is 16.0 Å². The first kappa shape index (κ1) is 17.5. The van der Waals surface area contributed by atoms with E-state index in [-0.39, 0.29) is 12.0 Å². The molecule has 24 heavy (non-hydrogen) atoms. The highest BCUT2D eigenvalue weighted by molar-refractivity contribution is 5.96. The van der Waals surface area contributed by atoms with Crippen LogP contribution < -0.4 is 5.32 Å². The van der Waals surface area contributed by atoms with E-state index < -0.39 is 35.4 Å². The summed E-state index contributed by atoms with van der Waals surface area (Å²) in [6, 6.07) is 6.60. The summed E-state index contributed by atoms with van der Waals surface area (Å²) in [7, 11) is 1.15. The number of ether oxygens (including phenoxy) is 1. The lowest BCUT2D eigenvalue weighted by Crippen LogP contribution is -2.43. The predicted octanol–water partition coefficient (Wildman–Crippen LogP) is 2.62. The zero-order valence-electron chi connectivity index (χ0n) is 12.7. The van der Waals surface area contributed by atoms with Gasteiger partial charge in [0, 0.05) is 18.1 Å². The van der Waals surface area contributed by atoms with Gasteiger partial charge in [0.15, 0.2) is 0 Å². The second-order valence-corrected chi connectivity index (χ2v) is 5.04. The third kappa shape index (κ3) is 4.58. The first-order valence-electron chi connectivity index (χ1n) is 6.98. The van der Waals surface area contributed by atoms with Crippen molar-refractivity contribution in [3.63, 3.8) is 0 Å². The summed E-state index contributed by atoms with van der Waals surface area (Å²) in [5.74, 6) is -3.82. The molecule has 2 aromatic rings. The summed E-state index contributed by atoms with van der Waals surface area (Å²) >= 11 is 0. The fourth-order valence-corrected chi connectivity index (χ4v) is 2.12. The van der Waals surface area contributed by atoms with Crippen molar-refractivity contribution in [2.45, 2.75) is 12.5 Å². The Morgan fingerprint density at radius 2 is 1.58 bits per heavy atom. The van der Waals surface area contributed by atoms with Crippen molar-refractivity contribution in [3.8, 4) is 0 Å². The Kier molecular flexibility index (Phi) is 5.57. The molecule has 0 spiro atoms. The number of rotatable bonds is 5. The lowest BCUT2D eigenvalue weighted by atomic mass is 10.1. The Bertz CT molecular complexity index is 727. The molecule has 0 aliphatic rings. The highest BCUT2D eigenvalue weighted by Crippen LogP contribution is 2.10. The predicted molar refractivity (Wildman–Crippen MR) is 79.7 cm³/mol. The zero-order valence-corrected chi connectivity index (χ0v) is 12.7. The quantitative estimate of drug-likeness (QED) is 0.854. The lowest BCUT2D eigenvalue weighted by molar-refractivity contribution is -0.142. The number of esters is 1. The van der Waals surface area contributed by atoms with Gasteiger partial charge in [-0.3, -0.25) is 4.79 Å². The van der Waals surface area contributed by atoms with Gasteiger partial charge in [0.25, 0.3) is 5.91 Å². The van der Waals surface area contributed by atoms with Gasteiger partial charge in [-0.2, -0.15) is 0 Å². The van der Waals surface area contributed by atoms with E-state index in [4.69, 9.17) is 0 Å².